The van der Waals surface area contributed by atoms with E-state index >= 15 is 0 Å². The summed E-state index contributed by atoms with van der Waals surface area (Å²) in [5.74, 6) is 0. The van der Waals surface area contributed by atoms with Gasteiger partial charge < -0.3 is 5.32 Å². The van der Waals surface area contributed by atoms with Crippen molar-refractivity contribution in [1.82, 2.24) is 5.32 Å². The number of alkyl halides is 3. The van der Waals surface area contributed by atoms with E-state index in [1.165, 1.54) is 12.1 Å². The Balaban J connectivity index is 2.57. The standard InChI is InChI=1S/C16H15ClF3N/c1-10-7-11(9-12(17)8-10)15(21-2)13-5-3-4-6-14(13)16(18,19)20/h3-9,15,21H,1-2H3. The van der Waals surface area contributed by atoms with E-state index in [9.17, 15) is 13.2 Å². The molecule has 1 unspecified atom stereocenters. The first-order chi connectivity index (χ1) is 9.82. The Hall–Kier alpha value is -1.52. The van der Waals surface area contributed by atoms with E-state index in [0.29, 0.717) is 10.6 Å². The summed E-state index contributed by atoms with van der Waals surface area (Å²) in [6, 6.07) is 10.3. The molecule has 0 amide bonds. The fourth-order valence-electron chi connectivity index (χ4n) is 2.44. The van der Waals surface area contributed by atoms with Gasteiger partial charge in [0.15, 0.2) is 0 Å². The van der Waals surface area contributed by atoms with Gasteiger partial charge in [0.1, 0.15) is 0 Å². The van der Waals surface area contributed by atoms with Crippen LogP contribution < -0.4 is 5.32 Å². The molecule has 0 aliphatic carbocycles. The molecule has 0 aromatic heterocycles. The number of benzene rings is 2. The van der Waals surface area contributed by atoms with Gasteiger partial charge in [-0.15, -0.1) is 0 Å². The Bertz CT molecular complexity index is 617. The van der Waals surface area contributed by atoms with Crippen molar-refractivity contribution in [2.24, 2.45) is 0 Å². The van der Waals surface area contributed by atoms with Crippen molar-refractivity contribution in [3.63, 3.8) is 0 Å². The monoisotopic (exact) mass is 313 g/mol. The van der Waals surface area contributed by atoms with Gasteiger partial charge in [0, 0.05) is 5.02 Å². The Labute approximate surface area is 126 Å². The molecule has 21 heavy (non-hydrogen) atoms. The summed E-state index contributed by atoms with van der Waals surface area (Å²) in [6.45, 7) is 1.86. The van der Waals surface area contributed by atoms with Crippen molar-refractivity contribution >= 4 is 11.6 Å². The lowest BCUT2D eigenvalue weighted by molar-refractivity contribution is -0.138. The van der Waals surface area contributed by atoms with Crippen LogP contribution in [0.2, 0.25) is 5.02 Å². The maximum Gasteiger partial charge on any atom is 0.416 e. The maximum atomic E-state index is 13.2. The molecule has 1 nitrogen and oxygen atoms in total. The molecule has 0 aliphatic heterocycles. The second-order valence-corrected chi connectivity index (χ2v) is 5.31. The molecule has 0 heterocycles. The van der Waals surface area contributed by atoms with E-state index < -0.39 is 17.8 Å². The summed E-state index contributed by atoms with van der Waals surface area (Å²) in [4.78, 5) is 0. The first-order valence-corrected chi connectivity index (χ1v) is 6.81. The fraction of sp³-hybridized carbons (Fsp3) is 0.250. The highest BCUT2D eigenvalue weighted by molar-refractivity contribution is 6.30. The molecule has 112 valence electrons. The highest BCUT2D eigenvalue weighted by Crippen LogP contribution is 2.36. The summed E-state index contributed by atoms with van der Waals surface area (Å²) >= 11 is 6.02. The van der Waals surface area contributed by atoms with Gasteiger partial charge in [0.25, 0.3) is 0 Å². The molecular formula is C16H15ClF3N. The van der Waals surface area contributed by atoms with Crippen LogP contribution in [0.3, 0.4) is 0 Å². The lowest BCUT2D eigenvalue weighted by Crippen LogP contribution is -2.22. The van der Waals surface area contributed by atoms with Crippen molar-refractivity contribution in [1.29, 1.82) is 0 Å². The van der Waals surface area contributed by atoms with Crippen molar-refractivity contribution in [2.75, 3.05) is 7.05 Å². The molecule has 2 rings (SSSR count). The maximum absolute atomic E-state index is 13.2. The molecule has 1 atom stereocenters. The zero-order valence-electron chi connectivity index (χ0n) is 11.6. The van der Waals surface area contributed by atoms with Crippen LogP contribution >= 0.6 is 11.6 Å². The molecule has 0 saturated carbocycles. The summed E-state index contributed by atoms with van der Waals surface area (Å²) in [6.07, 6.45) is -4.39. The second kappa shape index (κ2) is 6.08. The molecule has 2 aromatic carbocycles. The molecule has 0 bridgehead atoms. The zero-order valence-corrected chi connectivity index (χ0v) is 12.4. The lowest BCUT2D eigenvalue weighted by atomic mass is 9.93. The fourth-order valence-corrected chi connectivity index (χ4v) is 2.74. The van der Waals surface area contributed by atoms with Crippen LogP contribution in [-0.2, 0) is 6.18 Å². The van der Waals surface area contributed by atoms with Crippen LogP contribution in [0.4, 0.5) is 13.2 Å². The molecule has 0 spiro atoms. The normalized spacial score (nSPS) is 13.2. The summed E-state index contributed by atoms with van der Waals surface area (Å²) in [5.41, 5.74) is 1.16. The van der Waals surface area contributed by atoms with Crippen LogP contribution in [-0.4, -0.2) is 7.05 Å². The van der Waals surface area contributed by atoms with Gasteiger partial charge in [0.2, 0.25) is 0 Å². The Morgan fingerprint density at radius 2 is 1.76 bits per heavy atom. The van der Waals surface area contributed by atoms with Crippen molar-refractivity contribution in [3.05, 3.63) is 69.7 Å². The zero-order chi connectivity index (χ0) is 15.6. The first-order valence-electron chi connectivity index (χ1n) is 6.43. The molecule has 1 N–H and O–H groups in total. The number of halogens is 4. The molecule has 0 fully saturated rings. The molecule has 5 heteroatoms. The van der Waals surface area contributed by atoms with E-state index in [4.69, 9.17) is 11.6 Å². The Kier molecular flexibility index (Phi) is 4.59. The third kappa shape index (κ3) is 3.57. The SMILES string of the molecule is CNC(c1cc(C)cc(Cl)c1)c1ccccc1C(F)(F)F. The lowest BCUT2D eigenvalue weighted by Gasteiger charge is -2.22. The van der Waals surface area contributed by atoms with E-state index in [-0.39, 0.29) is 5.56 Å². The average molecular weight is 314 g/mol. The van der Waals surface area contributed by atoms with Gasteiger partial charge >= 0.3 is 6.18 Å². The van der Waals surface area contributed by atoms with E-state index in [1.54, 1.807) is 25.2 Å². The minimum absolute atomic E-state index is 0.189. The highest BCUT2D eigenvalue weighted by Gasteiger charge is 2.35. The van der Waals surface area contributed by atoms with Gasteiger partial charge in [-0.05, 0) is 48.9 Å². The predicted molar refractivity (Wildman–Crippen MR) is 78.5 cm³/mol. The topological polar surface area (TPSA) is 12.0 Å². The molecular weight excluding hydrogens is 299 g/mol. The van der Waals surface area contributed by atoms with E-state index in [2.05, 4.69) is 5.32 Å². The highest BCUT2D eigenvalue weighted by atomic mass is 35.5. The van der Waals surface area contributed by atoms with Crippen molar-refractivity contribution < 1.29 is 13.2 Å². The first kappa shape index (κ1) is 15.9. The number of hydrogen-bond acceptors (Lipinski definition) is 1. The molecule has 0 radical (unpaired) electrons. The summed E-state index contributed by atoms with van der Waals surface area (Å²) in [5, 5.41) is 3.45. The average Bonchev–Trinajstić information content (AvgIpc) is 2.38. The molecule has 0 aliphatic rings. The minimum atomic E-state index is -4.39. The minimum Gasteiger partial charge on any atom is -0.309 e. The van der Waals surface area contributed by atoms with E-state index in [1.807, 2.05) is 13.0 Å². The van der Waals surface area contributed by atoms with Crippen molar-refractivity contribution in [2.45, 2.75) is 19.1 Å². The summed E-state index contributed by atoms with van der Waals surface area (Å²) in [7, 11) is 1.63. The second-order valence-electron chi connectivity index (χ2n) is 4.87. The van der Waals surface area contributed by atoms with Crippen molar-refractivity contribution in [3.8, 4) is 0 Å². The predicted octanol–water partition coefficient (Wildman–Crippen LogP) is 4.98. The van der Waals surface area contributed by atoms with Gasteiger partial charge in [0.05, 0.1) is 11.6 Å². The summed E-state index contributed by atoms with van der Waals surface area (Å²) < 4.78 is 39.5. The molecule has 2 aromatic rings. The smallest absolute Gasteiger partial charge is 0.309 e. The molecule has 0 saturated heterocycles. The van der Waals surface area contributed by atoms with Crippen LogP contribution in [0.15, 0.2) is 42.5 Å². The third-order valence-corrected chi connectivity index (χ3v) is 3.48. The Morgan fingerprint density at radius 1 is 1.10 bits per heavy atom. The van der Waals surface area contributed by atoms with Crippen LogP contribution in [0, 0.1) is 6.92 Å². The van der Waals surface area contributed by atoms with Gasteiger partial charge in [-0.3, -0.25) is 0 Å². The largest absolute Gasteiger partial charge is 0.416 e. The van der Waals surface area contributed by atoms with Crippen LogP contribution in [0.5, 0.6) is 0 Å². The van der Waals surface area contributed by atoms with Crippen LogP contribution in [0.25, 0.3) is 0 Å². The number of nitrogens with one attached hydrogen (secondary N) is 1. The van der Waals surface area contributed by atoms with Crippen LogP contribution in [0.1, 0.15) is 28.3 Å². The van der Waals surface area contributed by atoms with Gasteiger partial charge in [-0.25, -0.2) is 0 Å². The Morgan fingerprint density at radius 3 is 2.33 bits per heavy atom. The number of hydrogen-bond donors (Lipinski definition) is 1. The van der Waals surface area contributed by atoms with E-state index in [0.717, 1.165) is 11.6 Å². The number of aryl methyl sites for hydroxylation is 1. The number of rotatable bonds is 3. The quantitative estimate of drug-likeness (QED) is 0.843. The third-order valence-electron chi connectivity index (χ3n) is 3.26. The van der Waals surface area contributed by atoms with Gasteiger partial charge in [-0.2, -0.15) is 13.2 Å². The van der Waals surface area contributed by atoms with Gasteiger partial charge in [-0.1, -0.05) is 35.9 Å².